The molecule has 19 heavy (non-hydrogen) atoms. The number of aliphatic hydroxyl groups is 1. The van der Waals surface area contributed by atoms with Crippen LogP contribution >= 0.6 is 15.9 Å². The summed E-state index contributed by atoms with van der Waals surface area (Å²) in [6.45, 7) is 5.93. The van der Waals surface area contributed by atoms with Crippen LogP contribution in [0.3, 0.4) is 0 Å². The Morgan fingerprint density at radius 1 is 1.47 bits per heavy atom. The van der Waals surface area contributed by atoms with E-state index in [0.717, 1.165) is 22.1 Å². The van der Waals surface area contributed by atoms with Crippen molar-refractivity contribution in [2.45, 2.75) is 39.2 Å². The molecular formula is C14H21BrN2O2. The summed E-state index contributed by atoms with van der Waals surface area (Å²) in [6, 6.07) is 5.51. The Labute approximate surface area is 122 Å². The highest BCUT2D eigenvalue weighted by atomic mass is 79.9. The van der Waals surface area contributed by atoms with Gasteiger partial charge in [0.25, 0.3) is 0 Å². The molecule has 2 amide bonds. The number of nitrogens with one attached hydrogen (secondary N) is 2. The van der Waals surface area contributed by atoms with Crippen molar-refractivity contribution in [1.29, 1.82) is 0 Å². The Balaban J connectivity index is 2.72. The zero-order valence-electron chi connectivity index (χ0n) is 11.6. The number of anilines is 1. The van der Waals surface area contributed by atoms with E-state index >= 15 is 0 Å². The van der Waals surface area contributed by atoms with Gasteiger partial charge in [0.05, 0.1) is 5.69 Å². The fraction of sp³-hybridized carbons (Fsp3) is 0.500. The number of carbonyl (C=O) groups excluding carboxylic acids is 1. The minimum atomic E-state index is -0.394. The Morgan fingerprint density at radius 3 is 2.74 bits per heavy atom. The van der Waals surface area contributed by atoms with Gasteiger partial charge in [-0.2, -0.15) is 0 Å². The van der Waals surface area contributed by atoms with Crippen LogP contribution in [0.25, 0.3) is 0 Å². The third-order valence-corrected chi connectivity index (χ3v) is 3.92. The maximum absolute atomic E-state index is 12.0. The van der Waals surface area contributed by atoms with E-state index in [-0.39, 0.29) is 12.6 Å². The summed E-state index contributed by atoms with van der Waals surface area (Å²) in [5, 5.41) is 14.8. The lowest BCUT2D eigenvalue weighted by atomic mass is 9.95. The summed E-state index contributed by atoms with van der Waals surface area (Å²) >= 11 is 3.40. The number of halogens is 1. The number of urea groups is 1. The quantitative estimate of drug-likeness (QED) is 0.775. The lowest BCUT2D eigenvalue weighted by molar-refractivity contribution is 0.208. The topological polar surface area (TPSA) is 61.4 Å². The maximum atomic E-state index is 12.0. The molecule has 4 nitrogen and oxygen atoms in total. The van der Waals surface area contributed by atoms with Crippen LogP contribution in [0.1, 0.15) is 32.3 Å². The van der Waals surface area contributed by atoms with Crippen LogP contribution < -0.4 is 10.6 Å². The molecule has 1 aromatic carbocycles. The van der Waals surface area contributed by atoms with Crippen LogP contribution in [0.15, 0.2) is 22.7 Å². The smallest absolute Gasteiger partial charge is 0.319 e. The zero-order chi connectivity index (χ0) is 14.5. The van der Waals surface area contributed by atoms with Crippen molar-refractivity contribution in [3.63, 3.8) is 0 Å². The Kier molecular flexibility index (Phi) is 5.82. The Bertz CT molecular complexity index is 451. The lowest BCUT2D eigenvalue weighted by Gasteiger charge is -2.29. The molecule has 1 atom stereocenters. The van der Waals surface area contributed by atoms with E-state index in [0.29, 0.717) is 6.42 Å². The summed E-state index contributed by atoms with van der Waals surface area (Å²) < 4.78 is 0.841. The van der Waals surface area contributed by atoms with E-state index < -0.39 is 5.54 Å². The zero-order valence-corrected chi connectivity index (χ0v) is 13.2. The number of benzene rings is 1. The van der Waals surface area contributed by atoms with Gasteiger partial charge in [0.1, 0.15) is 0 Å². The van der Waals surface area contributed by atoms with Gasteiger partial charge in [-0.05, 0) is 60.3 Å². The molecule has 0 fully saturated rings. The van der Waals surface area contributed by atoms with E-state index in [2.05, 4.69) is 26.6 Å². The van der Waals surface area contributed by atoms with Crippen LogP contribution in [0.2, 0.25) is 0 Å². The number of carbonyl (C=O) groups is 1. The molecule has 0 bridgehead atoms. The van der Waals surface area contributed by atoms with Gasteiger partial charge in [0.2, 0.25) is 0 Å². The highest BCUT2D eigenvalue weighted by Crippen LogP contribution is 2.23. The van der Waals surface area contributed by atoms with Gasteiger partial charge in [0.15, 0.2) is 0 Å². The van der Waals surface area contributed by atoms with Crippen LogP contribution in [-0.4, -0.2) is 23.3 Å². The molecule has 0 saturated carbocycles. The molecular weight excluding hydrogens is 308 g/mol. The van der Waals surface area contributed by atoms with E-state index in [1.54, 1.807) is 0 Å². The molecule has 0 heterocycles. The first-order chi connectivity index (χ1) is 8.90. The molecule has 1 rings (SSSR count). The Hall–Kier alpha value is -1.07. The SMILES string of the molecule is CCC(C)(CCO)NC(=O)Nc1cc(C)ccc1Br. The molecule has 0 radical (unpaired) electrons. The highest BCUT2D eigenvalue weighted by molar-refractivity contribution is 9.10. The summed E-state index contributed by atoms with van der Waals surface area (Å²) in [6.07, 6.45) is 1.29. The van der Waals surface area contributed by atoms with Gasteiger partial charge in [0, 0.05) is 16.6 Å². The molecule has 0 aliphatic carbocycles. The normalized spacial score (nSPS) is 13.7. The minimum absolute atomic E-state index is 0.0543. The number of aryl methyl sites for hydroxylation is 1. The fourth-order valence-corrected chi connectivity index (χ4v) is 2.08. The van der Waals surface area contributed by atoms with Crippen molar-refractivity contribution in [3.8, 4) is 0 Å². The number of aliphatic hydroxyl groups excluding tert-OH is 1. The number of hydrogen-bond acceptors (Lipinski definition) is 2. The average Bonchev–Trinajstić information content (AvgIpc) is 2.34. The third-order valence-electron chi connectivity index (χ3n) is 3.23. The van der Waals surface area contributed by atoms with Gasteiger partial charge < -0.3 is 15.7 Å². The predicted molar refractivity (Wildman–Crippen MR) is 81.4 cm³/mol. The van der Waals surface area contributed by atoms with Gasteiger partial charge >= 0.3 is 6.03 Å². The van der Waals surface area contributed by atoms with Crippen molar-refractivity contribution >= 4 is 27.6 Å². The number of amides is 2. The first-order valence-corrected chi connectivity index (χ1v) is 7.15. The predicted octanol–water partition coefficient (Wildman–Crippen LogP) is 3.43. The minimum Gasteiger partial charge on any atom is -0.396 e. The average molecular weight is 329 g/mol. The van der Waals surface area contributed by atoms with Gasteiger partial charge in [-0.15, -0.1) is 0 Å². The largest absolute Gasteiger partial charge is 0.396 e. The van der Waals surface area contributed by atoms with Crippen LogP contribution in [0.4, 0.5) is 10.5 Å². The molecule has 106 valence electrons. The fourth-order valence-electron chi connectivity index (χ4n) is 1.74. The lowest BCUT2D eigenvalue weighted by Crippen LogP contribution is -2.48. The molecule has 0 aliphatic heterocycles. The Morgan fingerprint density at radius 2 is 2.16 bits per heavy atom. The summed E-state index contributed by atoms with van der Waals surface area (Å²) in [4.78, 5) is 12.0. The standard InChI is InChI=1S/C14H21BrN2O2/c1-4-14(3,7-8-18)17-13(19)16-12-9-10(2)5-6-11(12)15/h5-6,9,18H,4,7-8H2,1-3H3,(H2,16,17,19). The molecule has 0 aromatic heterocycles. The second-order valence-electron chi connectivity index (χ2n) is 4.95. The van der Waals surface area contributed by atoms with E-state index in [1.807, 2.05) is 39.0 Å². The summed E-state index contributed by atoms with van der Waals surface area (Å²) in [5.74, 6) is 0. The summed E-state index contributed by atoms with van der Waals surface area (Å²) in [5.41, 5.74) is 1.42. The van der Waals surface area contributed by atoms with Crippen molar-refractivity contribution in [1.82, 2.24) is 5.32 Å². The van der Waals surface area contributed by atoms with Crippen LogP contribution in [0, 0.1) is 6.92 Å². The van der Waals surface area contributed by atoms with Crippen LogP contribution in [0.5, 0.6) is 0 Å². The molecule has 1 unspecified atom stereocenters. The third kappa shape index (κ3) is 4.84. The van der Waals surface area contributed by atoms with Gasteiger partial charge in [-0.1, -0.05) is 13.0 Å². The second kappa shape index (κ2) is 6.91. The molecule has 0 aliphatic rings. The number of rotatable bonds is 5. The molecule has 0 saturated heterocycles. The monoisotopic (exact) mass is 328 g/mol. The van der Waals surface area contributed by atoms with Crippen molar-refractivity contribution < 1.29 is 9.90 Å². The van der Waals surface area contributed by atoms with Crippen molar-refractivity contribution in [2.24, 2.45) is 0 Å². The van der Waals surface area contributed by atoms with Crippen molar-refractivity contribution in [3.05, 3.63) is 28.2 Å². The van der Waals surface area contributed by atoms with Gasteiger partial charge in [-0.3, -0.25) is 0 Å². The molecule has 1 aromatic rings. The molecule has 3 N–H and O–H groups in total. The maximum Gasteiger partial charge on any atom is 0.319 e. The van der Waals surface area contributed by atoms with E-state index in [9.17, 15) is 4.79 Å². The first kappa shape index (κ1) is 16.0. The van der Waals surface area contributed by atoms with Gasteiger partial charge in [-0.25, -0.2) is 4.79 Å². The highest BCUT2D eigenvalue weighted by Gasteiger charge is 2.23. The van der Waals surface area contributed by atoms with E-state index in [1.165, 1.54) is 0 Å². The first-order valence-electron chi connectivity index (χ1n) is 6.36. The molecule has 5 heteroatoms. The van der Waals surface area contributed by atoms with Crippen LogP contribution in [-0.2, 0) is 0 Å². The summed E-state index contributed by atoms with van der Waals surface area (Å²) in [7, 11) is 0. The van der Waals surface area contributed by atoms with Crippen molar-refractivity contribution in [2.75, 3.05) is 11.9 Å². The number of hydrogen-bond donors (Lipinski definition) is 3. The van der Waals surface area contributed by atoms with E-state index in [4.69, 9.17) is 5.11 Å². The molecule has 0 spiro atoms. The second-order valence-corrected chi connectivity index (χ2v) is 5.80.